The number of benzene rings is 2. The zero-order valence-corrected chi connectivity index (χ0v) is 19.9. The van der Waals surface area contributed by atoms with Gasteiger partial charge < -0.3 is 16.0 Å². The number of carbonyl (C=O) groups excluding carboxylic acids is 2. The second-order valence-corrected chi connectivity index (χ2v) is 9.14. The molecule has 174 valence electrons. The molecule has 0 aliphatic carbocycles. The summed E-state index contributed by atoms with van der Waals surface area (Å²) in [5, 5.41) is 2.93. The third-order valence-corrected chi connectivity index (χ3v) is 6.07. The number of piperidine rings is 1. The first-order valence-corrected chi connectivity index (χ1v) is 11.3. The number of hydrogen-bond donors (Lipinski definition) is 2. The largest absolute Gasteiger partial charge is 0.343 e. The summed E-state index contributed by atoms with van der Waals surface area (Å²) >= 11 is 0. The molecule has 2 amide bonds. The molecule has 0 bridgehead atoms. The average Bonchev–Trinajstić information content (AvgIpc) is 2.78. The Kier molecular flexibility index (Phi) is 9.73. The summed E-state index contributed by atoms with van der Waals surface area (Å²) in [6.07, 6.45) is 4.20. The number of nitrogens with two attached hydrogens (primary N) is 1. The Morgan fingerprint density at radius 3 is 2.16 bits per heavy atom. The smallest absolute Gasteiger partial charge is 0.245 e. The molecule has 3 rings (SSSR count). The summed E-state index contributed by atoms with van der Waals surface area (Å²) in [4.78, 5) is 27.8. The number of likely N-dealkylation sites (tertiary alicyclic amines) is 1. The lowest BCUT2D eigenvalue weighted by Gasteiger charge is -2.35. The Balaban J connectivity index is 0.00000363. The van der Waals surface area contributed by atoms with E-state index in [0.29, 0.717) is 12.3 Å². The van der Waals surface area contributed by atoms with Crippen LogP contribution < -0.4 is 11.1 Å². The molecule has 0 radical (unpaired) electrons. The van der Waals surface area contributed by atoms with Crippen molar-refractivity contribution < 1.29 is 9.59 Å². The molecule has 0 saturated carbocycles. The van der Waals surface area contributed by atoms with Gasteiger partial charge in [-0.1, -0.05) is 60.7 Å². The van der Waals surface area contributed by atoms with E-state index in [9.17, 15) is 9.59 Å². The van der Waals surface area contributed by atoms with Gasteiger partial charge in [0.25, 0.3) is 0 Å². The van der Waals surface area contributed by atoms with Crippen molar-refractivity contribution in [2.24, 2.45) is 5.73 Å². The molecular weight excluding hydrogens is 422 g/mol. The fourth-order valence-corrected chi connectivity index (χ4v) is 4.14. The van der Waals surface area contributed by atoms with Crippen molar-refractivity contribution in [1.82, 2.24) is 10.2 Å². The van der Waals surface area contributed by atoms with Gasteiger partial charge in [0.15, 0.2) is 0 Å². The minimum Gasteiger partial charge on any atom is -0.343 e. The Labute approximate surface area is 198 Å². The van der Waals surface area contributed by atoms with Crippen LogP contribution in [0.25, 0.3) is 0 Å². The van der Waals surface area contributed by atoms with Crippen LogP contribution in [0.3, 0.4) is 0 Å². The summed E-state index contributed by atoms with van der Waals surface area (Å²) < 4.78 is 0. The molecule has 0 unspecified atom stereocenters. The summed E-state index contributed by atoms with van der Waals surface area (Å²) in [6.45, 7) is 4.77. The average molecular weight is 458 g/mol. The first-order valence-electron chi connectivity index (χ1n) is 11.3. The minimum atomic E-state index is -1.02. The number of aryl methyl sites for hydroxylation is 1. The van der Waals surface area contributed by atoms with Crippen molar-refractivity contribution in [1.29, 1.82) is 0 Å². The predicted molar refractivity (Wildman–Crippen MR) is 132 cm³/mol. The third-order valence-electron chi connectivity index (χ3n) is 6.07. The Morgan fingerprint density at radius 1 is 1.03 bits per heavy atom. The van der Waals surface area contributed by atoms with Crippen LogP contribution in [-0.4, -0.2) is 41.4 Å². The summed E-state index contributed by atoms with van der Waals surface area (Å²) in [6, 6.07) is 20.2. The van der Waals surface area contributed by atoms with Gasteiger partial charge in [0.05, 0.1) is 5.54 Å². The van der Waals surface area contributed by atoms with E-state index in [1.54, 1.807) is 13.8 Å². The molecule has 1 aliphatic heterocycles. The monoisotopic (exact) mass is 457 g/mol. The van der Waals surface area contributed by atoms with Crippen LogP contribution in [0.2, 0.25) is 0 Å². The quantitative estimate of drug-likeness (QED) is 0.627. The Morgan fingerprint density at radius 2 is 1.59 bits per heavy atom. The normalized spacial score (nSPS) is 15.5. The van der Waals surface area contributed by atoms with Gasteiger partial charge in [-0.05, 0) is 63.0 Å². The van der Waals surface area contributed by atoms with Crippen LogP contribution >= 0.6 is 12.4 Å². The molecule has 1 heterocycles. The van der Waals surface area contributed by atoms with Gasteiger partial charge in [-0.25, -0.2) is 0 Å². The fourth-order valence-electron chi connectivity index (χ4n) is 4.14. The van der Waals surface area contributed by atoms with Crippen LogP contribution in [0.5, 0.6) is 0 Å². The maximum atomic E-state index is 13.3. The number of carbonyl (C=O) groups is 2. The van der Waals surface area contributed by atoms with Gasteiger partial charge in [0, 0.05) is 13.1 Å². The molecular formula is C26H36ClN3O2. The van der Waals surface area contributed by atoms with Crippen LogP contribution in [-0.2, 0) is 16.0 Å². The number of nitrogens with one attached hydrogen (secondary N) is 1. The maximum Gasteiger partial charge on any atom is 0.245 e. The SMILES string of the molecule is CC(C)(N)C(=O)N[C@H](CCCc1ccccc1)C(=O)N1CCC(c2ccccc2)CC1.Cl. The minimum absolute atomic E-state index is 0. The predicted octanol–water partition coefficient (Wildman–Crippen LogP) is 4.06. The summed E-state index contributed by atoms with van der Waals surface area (Å²) in [7, 11) is 0. The van der Waals surface area contributed by atoms with E-state index in [1.807, 2.05) is 29.2 Å². The van der Waals surface area contributed by atoms with Crippen molar-refractivity contribution in [2.45, 2.75) is 63.5 Å². The van der Waals surface area contributed by atoms with Gasteiger partial charge in [-0.3, -0.25) is 9.59 Å². The Bertz CT molecular complexity index is 844. The Hall–Kier alpha value is -2.37. The van der Waals surface area contributed by atoms with E-state index in [0.717, 1.165) is 38.8 Å². The molecule has 2 aromatic rings. The van der Waals surface area contributed by atoms with Crippen LogP contribution in [0, 0.1) is 0 Å². The highest BCUT2D eigenvalue weighted by atomic mass is 35.5. The summed E-state index contributed by atoms with van der Waals surface area (Å²) in [5.74, 6) is 0.209. The highest BCUT2D eigenvalue weighted by molar-refractivity contribution is 5.91. The lowest BCUT2D eigenvalue weighted by Crippen LogP contribution is -2.57. The van der Waals surface area contributed by atoms with Crippen molar-refractivity contribution in [3.63, 3.8) is 0 Å². The third kappa shape index (κ3) is 7.35. The topological polar surface area (TPSA) is 75.4 Å². The van der Waals surface area contributed by atoms with Crippen molar-refractivity contribution in [3.05, 3.63) is 71.8 Å². The van der Waals surface area contributed by atoms with Gasteiger partial charge in [-0.15, -0.1) is 12.4 Å². The number of nitrogens with zero attached hydrogens (tertiary/aromatic N) is 1. The van der Waals surface area contributed by atoms with E-state index >= 15 is 0 Å². The van der Waals surface area contributed by atoms with E-state index in [2.05, 4.69) is 41.7 Å². The van der Waals surface area contributed by atoms with E-state index < -0.39 is 11.6 Å². The van der Waals surface area contributed by atoms with E-state index in [-0.39, 0.29) is 24.2 Å². The van der Waals surface area contributed by atoms with Gasteiger partial charge in [0.1, 0.15) is 6.04 Å². The molecule has 6 heteroatoms. The number of amides is 2. The van der Waals surface area contributed by atoms with Gasteiger partial charge in [-0.2, -0.15) is 0 Å². The van der Waals surface area contributed by atoms with Crippen molar-refractivity contribution in [3.8, 4) is 0 Å². The van der Waals surface area contributed by atoms with E-state index in [4.69, 9.17) is 5.73 Å². The molecule has 1 aliphatic rings. The van der Waals surface area contributed by atoms with Crippen LogP contribution in [0.15, 0.2) is 60.7 Å². The molecule has 1 atom stereocenters. The molecule has 0 spiro atoms. The molecule has 5 nitrogen and oxygen atoms in total. The molecule has 2 aromatic carbocycles. The second-order valence-electron chi connectivity index (χ2n) is 9.14. The maximum absolute atomic E-state index is 13.3. The molecule has 1 saturated heterocycles. The zero-order chi connectivity index (χ0) is 22.3. The van der Waals surface area contributed by atoms with Crippen LogP contribution in [0.4, 0.5) is 0 Å². The van der Waals surface area contributed by atoms with Gasteiger partial charge >= 0.3 is 0 Å². The lowest BCUT2D eigenvalue weighted by molar-refractivity contribution is -0.138. The molecule has 32 heavy (non-hydrogen) atoms. The first kappa shape index (κ1) is 25.9. The van der Waals surface area contributed by atoms with E-state index in [1.165, 1.54) is 11.1 Å². The van der Waals surface area contributed by atoms with Gasteiger partial charge in [0.2, 0.25) is 11.8 Å². The highest BCUT2D eigenvalue weighted by Crippen LogP contribution is 2.28. The molecule has 0 aromatic heterocycles. The zero-order valence-electron chi connectivity index (χ0n) is 19.1. The summed E-state index contributed by atoms with van der Waals surface area (Å²) in [5.41, 5.74) is 7.53. The number of hydrogen-bond acceptors (Lipinski definition) is 3. The highest BCUT2D eigenvalue weighted by Gasteiger charge is 2.32. The number of rotatable bonds is 8. The molecule has 3 N–H and O–H groups in total. The number of halogens is 1. The lowest BCUT2D eigenvalue weighted by atomic mass is 9.89. The van der Waals surface area contributed by atoms with Crippen molar-refractivity contribution in [2.75, 3.05) is 13.1 Å². The fraction of sp³-hybridized carbons (Fsp3) is 0.462. The first-order chi connectivity index (χ1) is 14.8. The molecule has 1 fully saturated rings. The second kappa shape index (κ2) is 12.0. The standard InChI is InChI=1S/C26H35N3O2.ClH/c1-26(2,27)25(31)28-23(15-9-12-20-10-5-3-6-11-20)24(30)29-18-16-22(17-19-29)21-13-7-4-8-14-21;/h3-8,10-11,13-14,22-23H,9,12,15-19,27H2,1-2H3,(H,28,31);1H/t23-;/m1./s1. The van der Waals surface area contributed by atoms with Crippen molar-refractivity contribution >= 4 is 24.2 Å². The van der Waals surface area contributed by atoms with Crippen LogP contribution in [0.1, 0.15) is 56.6 Å².